The van der Waals surface area contributed by atoms with Gasteiger partial charge in [0.2, 0.25) is 0 Å². The molecule has 84 valence electrons. The molecule has 1 unspecified atom stereocenters. The molecule has 1 aromatic carbocycles. The Balaban J connectivity index is 2.73. The van der Waals surface area contributed by atoms with Gasteiger partial charge >= 0.3 is 0 Å². The van der Waals surface area contributed by atoms with Gasteiger partial charge in [-0.15, -0.1) is 0 Å². The Morgan fingerprint density at radius 3 is 2.73 bits per heavy atom. The Bertz CT molecular complexity index is 328. The second-order valence-electron chi connectivity index (χ2n) is 3.54. The fourth-order valence-corrected chi connectivity index (χ4v) is 1.33. The lowest BCUT2D eigenvalue weighted by Crippen LogP contribution is -2.13. The zero-order chi connectivity index (χ0) is 11.4. The van der Waals surface area contributed by atoms with E-state index >= 15 is 0 Å². The van der Waals surface area contributed by atoms with Crippen molar-refractivity contribution in [3.8, 4) is 0 Å². The van der Waals surface area contributed by atoms with Crippen LogP contribution >= 0.6 is 11.6 Å². The highest BCUT2D eigenvalue weighted by Crippen LogP contribution is 2.23. The molecule has 2 nitrogen and oxygen atoms in total. The van der Waals surface area contributed by atoms with Crippen molar-refractivity contribution >= 4 is 11.6 Å². The van der Waals surface area contributed by atoms with Gasteiger partial charge in [0.1, 0.15) is 11.9 Å². The summed E-state index contributed by atoms with van der Waals surface area (Å²) < 4.78 is 18.6. The van der Waals surface area contributed by atoms with Gasteiger partial charge < -0.3 is 9.84 Å². The fraction of sp³-hybridized carbons (Fsp3) is 0.455. The van der Waals surface area contributed by atoms with Gasteiger partial charge in [-0.05, 0) is 19.9 Å². The van der Waals surface area contributed by atoms with Crippen LogP contribution in [0.15, 0.2) is 18.2 Å². The van der Waals surface area contributed by atoms with E-state index in [1.54, 1.807) is 6.07 Å². The van der Waals surface area contributed by atoms with E-state index < -0.39 is 11.9 Å². The molecule has 0 saturated carbocycles. The highest BCUT2D eigenvalue weighted by Gasteiger charge is 2.15. The number of aliphatic hydroxyl groups is 1. The van der Waals surface area contributed by atoms with Gasteiger partial charge in [-0.25, -0.2) is 4.39 Å². The number of hydrogen-bond acceptors (Lipinski definition) is 2. The van der Waals surface area contributed by atoms with Crippen molar-refractivity contribution < 1.29 is 14.2 Å². The zero-order valence-electron chi connectivity index (χ0n) is 8.71. The van der Waals surface area contributed by atoms with Crippen molar-refractivity contribution in [1.82, 2.24) is 0 Å². The average molecular weight is 233 g/mol. The quantitative estimate of drug-likeness (QED) is 0.865. The van der Waals surface area contributed by atoms with E-state index in [2.05, 4.69) is 0 Å². The van der Waals surface area contributed by atoms with Gasteiger partial charge in [0, 0.05) is 5.56 Å². The summed E-state index contributed by atoms with van der Waals surface area (Å²) >= 11 is 5.59. The van der Waals surface area contributed by atoms with E-state index in [-0.39, 0.29) is 23.3 Å². The summed E-state index contributed by atoms with van der Waals surface area (Å²) in [6.45, 7) is 3.76. The van der Waals surface area contributed by atoms with Crippen LogP contribution in [0.25, 0.3) is 0 Å². The predicted octanol–water partition coefficient (Wildman–Crippen LogP) is 2.94. The molecule has 0 aliphatic carbocycles. The summed E-state index contributed by atoms with van der Waals surface area (Å²) in [5, 5.41) is 9.66. The molecule has 4 heteroatoms. The third-order valence-electron chi connectivity index (χ3n) is 1.93. The lowest BCUT2D eigenvalue weighted by atomic mass is 10.1. The first kappa shape index (κ1) is 12.4. The van der Waals surface area contributed by atoms with E-state index in [0.717, 1.165) is 0 Å². The van der Waals surface area contributed by atoms with Crippen molar-refractivity contribution in [1.29, 1.82) is 0 Å². The minimum absolute atomic E-state index is 0.00176. The van der Waals surface area contributed by atoms with Crippen LogP contribution in [0.3, 0.4) is 0 Å². The largest absolute Gasteiger partial charge is 0.386 e. The Morgan fingerprint density at radius 1 is 1.47 bits per heavy atom. The van der Waals surface area contributed by atoms with Gasteiger partial charge in [0.15, 0.2) is 0 Å². The molecular formula is C11H14ClFO2. The molecule has 0 heterocycles. The third-order valence-corrected chi connectivity index (χ3v) is 2.22. The lowest BCUT2D eigenvalue weighted by molar-refractivity contribution is 0.00361. The van der Waals surface area contributed by atoms with Gasteiger partial charge in [0.05, 0.1) is 17.7 Å². The molecule has 0 aliphatic rings. The molecule has 1 atom stereocenters. The van der Waals surface area contributed by atoms with E-state index in [4.69, 9.17) is 16.3 Å². The van der Waals surface area contributed by atoms with Crippen LogP contribution in [0.4, 0.5) is 4.39 Å². The number of hydrogen-bond donors (Lipinski definition) is 1. The van der Waals surface area contributed by atoms with Crippen LogP contribution in [-0.2, 0) is 4.74 Å². The number of halogens is 2. The van der Waals surface area contributed by atoms with Crippen molar-refractivity contribution in [2.24, 2.45) is 0 Å². The summed E-state index contributed by atoms with van der Waals surface area (Å²) in [6.07, 6.45) is -0.979. The second-order valence-corrected chi connectivity index (χ2v) is 3.95. The molecule has 1 N–H and O–H groups in total. The number of ether oxygens (including phenoxy) is 1. The highest BCUT2D eigenvalue weighted by molar-refractivity contribution is 6.30. The molecule has 0 spiro atoms. The minimum Gasteiger partial charge on any atom is -0.386 e. The third kappa shape index (κ3) is 3.45. The van der Waals surface area contributed by atoms with Crippen LogP contribution in [0.1, 0.15) is 25.5 Å². The maximum Gasteiger partial charge on any atom is 0.147 e. The molecule has 0 saturated heterocycles. The SMILES string of the molecule is CC(C)OCC(O)c1cccc(Cl)c1F. The van der Waals surface area contributed by atoms with Gasteiger partial charge in [-0.2, -0.15) is 0 Å². The first-order chi connectivity index (χ1) is 7.02. The maximum absolute atomic E-state index is 13.4. The normalized spacial score (nSPS) is 13.2. The Hall–Kier alpha value is -0.640. The number of benzene rings is 1. The molecule has 0 radical (unpaired) electrons. The highest BCUT2D eigenvalue weighted by atomic mass is 35.5. The number of rotatable bonds is 4. The second kappa shape index (κ2) is 5.45. The summed E-state index contributed by atoms with van der Waals surface area (Å²) in [6, 6.07) is 4.53. The standard InChI is InChI=1S/C11H14ClFO2/c1-7(2)15-6-10(14)8-4-3-5-9(12)11(8)13/h3-5,7,10,14H,6H2,1-2H3. The fourth-order valence-electron chi connectivity index (χ4n) is 1.15. The first-order valence-electron chi connectivity index (χ1n) is 4.76. The van der Waals surface area contributed by atoms with Crippen LogP contribution in [0.5, 0.6) is 0 Å². The van der Waals surface area contributed by atoms with Gasteiger partial charge in [-0.3, -0.25) is 0 Å². The molecule has 0 bridgehead atoms. The summed E-state index contributed by atoms with van der Waals surface area (Å²) in [7, 11) is 0. The Kier molecular flexibility index (Phi) is 4.51. The van der Waals surface area contributed by atoms with Crippen LogP contribution in [0.2, 0.25) is 5.02 Å². The molecule has 0 aliphatic heterocycles. The van der Waals surface area contributed by atoms with E-state index in [1.165, 1.54) is 12.1 Å². The van der Waals surface area contributed by atoms with Crippen molar-refractivity contribution in [3.05, 3.63) is 34.6 Å². The molecule has 0 aromatic heterocycles. The van der Waals surface area contributed by atoms with E-state index in [1.807, 2.05) is 13.8 Å². The first-order valence-corrected chi connectivity index (χ1v) is 5.13. The maximum atomic E-state index is 13.4. The topological polar surface area (TPSA) is 29.5 Å². The average Bonchev–Trinajstić information content (AvgIpc) is 2.18. The van der Waals surface area contributed by atoms with Gasteiger partial charge in [-0.1, -0.05) is 23.7 Å². The molecule has 0 amide bonds. The van der Waals surface area contributed by atoms with Gasteiger partial charge in [0.25, 0.3) is 0 Å². The van der Waals surface area contributed by atoms with E-state index in [9.17, 15) is 9.50 Å². The Labute approximate surface area is 93.6 Å². The van der Waals surface area contributed by atoms with Crippen molar-refractivity contribution in [2.75, 3.05) is 6.61 Å². The molecule has 1 aromatic rings. The summed E-state index contributed by atoms with van der Waals surface area (Å²) in [5.74, 6) is -0.584. The van der Waals surface area contributed by atoms with E-state index in [0.29, 0.717) is 0 Å². The molecule has 15 heavy (non-hydrogen) atoms. The summed E-state index contributed by atoms with van der Waals surface area (Å²) in [5.41, 5.74) is 0.170. The van der Waals surface area contributed by atoms with Crippen LogP contribution < -0.4 is 0 Å². The molecule has 0 fully saturated rings. The monoisotopic (exact) mass is 232 g/mol. The predicted molar refractivity (Wildman–Crippen MR) is 57.5 cm³/mol. The molecular weight excluding hydrogens is 219 g/mol. The van der Waals surface area contributed by atoms with Crippen LogP contribution in [-0.4, -0.2) is 17.8 Å². The van der Waals surface area contributed by atoms with Crippen molar-refractivity contribution in [3.63, 3.8) is 0 Å². The Morgan fingerprint density at radius 2 is 2.13 bits per heavy atom. The zero-order valence-corrected chi connectivity index (χ0v) is 9.46. The lowest BCUT2D eigenvalue weighted by Gasteiger charge is -2.14. The number of aliphatic hydroxyl groups excluding tert-OH is 1. The van der Waals surface area contributed by atoms with Crippen molar-refractivity contribution in [2.45, 2.75) is 26.1 Å². The summed E-state index contributed by atoms with van der Waals surface area (Å²) in [4.78, 5) is 0. The minimum atomic E-state index is -0.980. The smallest absolute Gasteiger partial charge is 0.147 e. The van der Waals surface area contributed by atoms with Crippen LogP contribution in [0, 0.1) is 5.82 Å². The molecule has 1 rings (SSSR count).